The molecule has 1 aliphatic rings. The van der Waals surface area contributed by atoms with Crippen LogP contribution in [0.15, 0.2) is 21.9 Å². The van der Waals surface area contributed by atoms with E-state index in [1.54, 1.807) is 0 Å². The summed E-state index contributed by atoms with van der Waals surface area (Å²) in [6, 6.07) is 0.944. The number of nitrogens with zero attached hydrogens (tertiary/aromatic N) is 1. The largest absolute Gasteiger partial charge is 0.463 e. The van der Waals surface area contributed by atoms with Crippen molar-refractivity contribution in [2.45, 2.75) is 38.0 Å². The van der Waals surface area contributed by atoms with Crippen LogP contribution in [0, 0.1) is 0 Å². The van der Waals surface area contributed by atoms with Crippen LogP contribution in [0.1, 0.15) is 20.1 Å². The average Bonchev–Trinajstić information content (AvgIpc) is 2.79. The summed E-state index contributed by atoms with van der Waals surface area (Å²) in [6.07, 6.45) is -4.65. The highest BCUT2D eigenvalue weighted by Crippen LogP contribution is 2.41. The van der Waals surface area contributed by atoms with Crippen molar-refractivity contribution in [1.29, 1.82) is 0 Å². The molecule has 0 bridgehead atoms. The van der Waals surface area contributed by atoms with E-state index in [0.29, 0.717) is 4.57 Å². The molecule has 0 unspecified atom stereocenters. The van der Waals surface area contributed by atoms with Crippen LogP contribution < -0.4 is 11.2 Å². The Balaban J connectivity index is 2.44. The number of ether oxygens (including phenoxy) is 3. The Morgan fingerprint density at radius 1 is 1.36 bits per heavy atom. The molecule has 0 aromatic carbocycles. The smallest absolute Gasteiger partial charge is 0.330 e. The van der Waals surface area contributed by atoms with Crippen molar-refractivity contribution in [3.8, 4) is 0 Å². The summed E-state index contributed by atoms with van der Waals surface area (Å²) in [5.41, 5.74) is -3.84. The van der Waals surface area contributed by atoms with Crippen LogP contribution in [0.2, 0.25) is 0 Å². The van der Waals surface area contributed by atoms with Crippen molar-refractivity contribution in [2.24, 2.45) is 0 Å². The predicted molar refractivity (Wildman–Crippen MR) is 77.2 cm³/mol. The Hall–Kier alpha value is -2.56. The maximum atomic E-state index is 14.8. The zero-order valence-electron chi connectivity index (χ0n) is 13.4. The van der Waals surface area contributed by atoms with E-state index in [1.165, 1.54) is 0 Å². The number of carbonyl (C=O) groups excluding carboxylic acids is 2. The van der Waals surface area contributed by atoms with Crippen molar-refractivity contribution in [1.82, 2.24) is 9.55 Å². The lowest BCUT2D eigenvalue weighted by molar-refractivity contribution is -0.179. The Morgan fingerprint density at radius 2 is 2.04 bits per heavy atom. The van der Waals surface area contributed by atoms with Crippen LogP contribution in [0.5, 0.6) is 0 Å². The number of H-pyrrole nitrogens is 1. The molecule has 1 fully saturated rings. The van der Waals surface area contributed by atoms with Gasteiger partial charge in [0.2, 0.25) is 0 Å². The van der Waals surface area contributed by atoms with Crippen molar-refractivity contribution < 1.29 is 32.6 Å². The third-order valence-corrected chi connectivity index (χ3v) is 3.60. The number of esters is 2. The summed E-state index contributed by atoms with van der Waals surface area (Å²) in [6.45, 7) is -0.0430. The topological polar surface area (TPSA) is 117 Å². The third kappa shape index (κ3) is 3.76. The van der Waals surface area contributed by atoms with E-state index < -0.39 is 60.6 Å². The molecule has 1 aliphatic heterocycles. The molecule has 1 aromatic rings. The van der Waals surface area contributed by atoms with Gasteiger partial charge in [-0.25, -0.2) is 13.6 Å². The highest BCUT2D eigenvalue weighted by Gasteiger charge is 2.60. The Kier molecular flexibility index (Phi) is 5.36. The third-order valence-electron chi connectivity index (χ3n) is 3.60. The number of carbonyl (C=O) groups is 2. The molecule has 138 valence electrons. The number of hydrogen-bond acceptors (Lipinski definition) is 7. The van der Waals surface area contributed by atoms with Crippen molar-refractivity contribution >= 4 is 11.9 Å². The first kappa shape index (κ1) is 18.8. The van der Waals surface area contributed by atoms with Gasteiger partial charge in [0.25, 0.3) is 5.56 Å². The zero-order chi connectivity index (χ0) is 18.8. The van der Waals surface area contributed by atoms with E-state index in [9.17, 15) is 28.0 Å². The van der Waals surface area contributed by atoms with Crippen molar-refractivity contribution in [3.05, 3.63) is 33.1 Å². The van der Waals surface area contributed by atoms with Gasteiger partial charge >= 0.3 is 17.6 Å². The molecular weight excluding hydrogens is 346 g/mol. The number of nitrogens with one attached hydrogen (secondary N) is 1. The molecule has 2 rings (SSSR count). The van der Waals surface area contributed by atoms with Crippen LogP contribution in [0.25, 0.3) is 0 Å². The first-order valence-electron chi connectivity index (χ1n) is 7.20. The van der Waals surface area contributed by atoms with Crippen LogP contribution in [0.3, 0.4) is 0 Å². The van der Waals surface area contributed by atoms with E-state index >= 15 is 0 Å². The standard InChI is InChI=1S/C14H16F2N2O7/c1-7(19)23-6-14(5-15)11(24-8(2)20)10(16)12(25-14)18-4-3-9(21)17-13(18)22/h3-4,10-12H,5-6H2,1-2H3,(H,17,21,22)/t10-,11+,12-,14-/m1/s1. The molecule has 0 saturated carbocycles. The maximum absolute atomic E-state index is 14.8. The normalized spacial score (nSPS) is 28.6. The van der Waals surface area contributed by atoms with Gasteiger partial charge in [0.05, 0.1) is 0 Å². The molecule has 1 saturated heterocycles. The fourth-order valence-electron chi connectivity index (χ4n) is 2.49. The van der Waals surface area contributed by atoms with E-state index in [-0.39, 0.29) is 0 Å². The van der Waals surface area contributed by atoms with E-state index in [1.807, 2.05) is 4.98 Å². The molecule has 2 heterocycles. The highest BCUT2D eigenvalue weighted by molar-refractivity contribution is 5.67. The lowest BCUT2D eigenvalue weighted by Gasteiger charge is -2.30. The molecule has 25 heavy (non-hydrogen) atoms. The number of hydrogen-bond donors (Lipinski definition) is 1. The van der Waals surface area contributed by atoms with Crippen LogP contribution >= 0.6 is 0 Å². The van der Waals surface area contributed by atoms with Gasteiger partial charge < -0.3 is 14.2 Å². The second kappa shape index (κ2) is 7.13. The summed E-state index contributed by atoms with van der Waals surface area (Å²) < 4.78 is 44.1. The van der Waals surface area contributed by atoms with Gasteiger partial charge in [-0.05, 0) is 0 Å². The summed E-state index contributed by atoms with van der Waals surface area (Å²) >= 11 is 0. The molecule has 11 heteroatoms. The molecule has 0 radical (unpaired) electrons. The van der Waals surface area contributed by atoms with Gasteiger partial charge in [-0.15, -0.1) is 0 Å². The molecule has 1 aromatic heterocycles. The quantitative estimate of drug-likeness (QED) is 0.709. The lowest BCUT2D eigenvalue weighted by Crippen LogP contribution is -2.50. The van der Waals surface area contributed by atoms with Gasteiger partial charge in [-0.3, -0.25) is 23.9 Å². The van der Waals surface area contributed by atoms with Crippen molar-refractivity contribution in [2.75, 3.05) is 13.3 Å². The highest BCUT2D eigenvalue weighted by atomic mass is 19.1. The van der Waals surface area contributed by atoms with Gasteiger partial charge in [0.1, 0.15) is 13.3 Å². The number of aromatic amines is 1. The molecule has 4 atom stereocenters. The van der Waals surface area contributed by atoms with Gasteiger partial charge in [-0.1, -0.05) is 0 Å². The van der Waals surface area contributed by atoms with Crippen LogP contribution in [0.4, 0.5) is 8.78 Å². The molecule has 0 spiro atoms. The molecule has 0 amide bonds. The minimum atomic E-state index is -2.15. The number of aromatic nitrogens is 2. The second-order valence-corrected chi connectivity index (χ2v) is 5.48. The minimum absolute atomic E-state index is 0.688. The van der Waals surface area contributed by atoms with Crippen LogP contribution in [-0.2, 0) is 23.8 Å². The molecule has 1 N–H and O–H groups in total. The Morgan fingerprint density at radius 3 is 2.56 bits per heavy atom. The van der Waals surface area contributed by atoms with Crippen LogP contribution in [-0.4, -0.2) is 52.6 Å². The lowest BCUT2D eigenvalue weighted by atomic mass is 9.98. The number of rotatable bonds is 5. The Labute approximate surface area is 139 Å². The minimum Gasteiger partial charge on any atom is -0.463 e. The summed E-state index contributed by atoms with van der Waals surface area (Å²) in [5, 5.41) is 0. The molecule has 9 nitrogen and oxygen atoms in total. The van der Waals surface area contributed by atoms with Crippen molar-refractivity contribution in [3.63, 3.8) is 0 Å². The predicted octanol–water partition coefficient (Wildman–Crippen LogP) is -0.393. The summed E-state index contributed by atoms with van der Waals surface area (Å²) in [7, 11) is 0. The number of halogens is 2. The first-order valence-corrected chi connectivity index (χ1v) is 7.20. The number of alkyl halides is 2. The fourth-order valence-corrected chi connectivity index (χ4v) is 2.49. The Bertz CT molecular complexity index is 777. The summed E-state index contributed by atoms with van der Waals surface area (Å²) in [5.74, 6) is -1.69. The van der Waals surface area contributed by atoms with E-state index in [0.717, 1.165) is 26.1 Å². The molecule has 0 aliphatic carbocycles. The second-order valence-electron chi connectivity index (χ2n) is 5.48. The zero-order valence-corrected chi connectivity index (χ0v) is 13.4. The molecular formula is C14H16F2N2O7. The average molecular weight is 362 g/mol. The SMILES string of the molecule is CC(=O)OC[C@@]1(CF)O[C@@H](n2ccc(=O)[nH]c2=O)[C@H](F)[C@@H]1OC(C)=O. The van der Waals surface area contributed by atoms with E-state index in [4.69, 9.17) is 14.2 Å². The van der Waals surface area contributed by atoms with Gasteiger partial charge in [-0.2, -0.15) is 0 Å². The van der Waals surface area contributed by atoms with Gasteiger partial charge in [0.15, 0.2) is 24.1 Å². The fraction of sp³-hybridized carbons (Fsp3) is 0.571. The monoisotopic (exact) mass is 362 g/mol. The summed E-state index contributed by atoms with van der Waals surface area (Å²) in [4.78, 5) is 47.1. The van der Waals surface area contributed by atoms with Gasteiger partial charge in [0, 0.05) is 26.1 Å². The first-order chi connectivity index (χ1) is 11.7. The maximum Gasteiger partial charge on any atom is 0.330 e. The van der Waals surface area contributed by atoms with E-state index in [2.05, 4.69) is 0 Å².